The third kappa shape index (κ3) is 4.56. The van der Waals surface area contributed by atoms with E-state index >= 15 is 0 Å². The summed E-state index contributed by atoms with van der Waals surface area (Å²) in [5.41, 5.74) is 1.18. The molecule has 2 aromatic rings. The first-order valence-electron chi connectivity index (χ1n) is 9.84. The normalized spacial score (nSPS) is 16.6. The predicted octanol–water partition coefficient (Wildman–Crippen LogP) is 2.55. The van der Waals surface area contributed by atoms with E-state index in [1.165, 1.54) is 24.8 Å². The molecular weight excluding hydrogens is 342 g/mol. The quantitative estimate of drug-likeness (QED) is 0.588. The summed E-state index contributed by atoms with van der Waals surface area (Å²) in [4.78, 5) is 21.0. The molecule has 0 radical (unpaired) electrons. The lowest BCUT2D eigenvalue weighted by Crippen LogP contribution is -2.35. The van der Waals surface area contributed by atoms with Crippen molar-refractivity contribution in [1.29, 1.82) is 0 Å². The molecule has 0 unspecified atom stereocenters. The Kier molecular flexibility index (Phi) is 5.22. The maximum Gasteiger partial charge on any atom is 0.230 e. The van der Waals surface area contributed by atoms with Crippen LogP contribution in [0.1, 0.15) is 50.0 Å². The minimum atomic E-state index is 0.212. The second kappa shape index (κ2) is 7.94. The average Bonchev–Trinajstić information content (AvgIpc) is 3.36. The van der Waals surface area contributed by atoms with Gasteiger partial charge in [-0.05, 0) is 38.0 Å². The molecule has 0 atom stereocenters. The molecule has 144 valence electrons. The third-order valence-electron chi connectivity index (χ3n) is 5.21. The summed E-state index contributed by atoms with van der Waals surface area (Å²) in [7, 11) is 1.87. The fourth-order valence-electron chi connectivity index (χ4n) is 3.20. The lowest BCUT2D eigenvalue weighted by molar-refractivity contribution is -0.127. The van der Waals surface area contributed by atoms with Crippen LogP contribution in [0.3, 0.4) is 0 Å². The first kappa shape index (κ1) is 17.8. The number of nitrogens with one attached hydrogen (secondary N) is 3. The molecule has 8 nitrogen and oxygen atoms in total. The van der Waals surface area contributed by atoms with E-state index in [-0.39, 0.29) is 11.8 Å². The number of hydrogen-bond acceptors (Lipinski definition) is 6. The molecule has 4 rings (SSSR count). The van der Waals surface area contributed by atoms with Crippen molar-refractivity contribution in [3.63, 3.8) is 0 Å². The summed E-state index contributed by atoms with van der Waals surface area (Å²) in [6.07, 6.45) is 10.3. The second-order valence-corrected chi connectivity index (χ2v) is 7.47. The van der Waals surface area contributed by atoms with Crippen molar-refractivity contribution in [3.8, 4) is 0 Å². The van der Waals surface area contributed by atoms with E-state index in [1.807, 2.05) is 25.5 Å². The van der Waals surface area contributed by atoms with Crippen molar-refractivity contribution in [2.75, 3.05) is 23.7 Å². The van der Waals surface area contributed by atoms with Gasteiger partial charge in [0.25, 0.3) is 0 Å². The van der Waals surface area contributed by atoms with Crippen LogP contribution in [0, 0.1) is 5.92 Å². The fourth-order valence-corrected chi connectivity index (χ4v) is 3.20. The van der Waals surface area contributed by atoms with Crippen LogP contribution in [-0.2, 0) is 11.8 Å². The van der Waals surface area contributed by atoms with Crippen LogP contribution in [0.15, 0.2) is 18.5 Å². The molecule has 2 aliphatic rings. The summed E-state index contributed by atoms with van der Waals surface area (Å²) in [6, 6.07) is 1.88. The van der Waals surface area contributed by atoms with Crippen molar-refractivity contribution in [1.82, 2.24) is 25.1 Å². The van der Waals surface area contributed by atoms with E-state index in [1.54, 1.807) is 4.68 Å². The first-order chi connectivity index (χ1) is 13.2. The average molecular weight is 369 g/mol. The summed E-state index contributed by atoms with van der Waals surface area (Å²) in [5, 5.41) is 13.9. The summed E-state index contributed by atoms with van der Waals surface area (Å²) >= 11 is 0. The molecule has 2 aliphatic carbocycles. The number of hydrogen-bond donors (Lipinski definition) is 3. The van der Waals surface area contributed by atoms with Crippen LogP contribution in [0.2, 0.25) is 0 Å². The van der Waals surface area contributed by atoms with E-state index in [0.717, 1.165) is 37.4 Å². The number of amides is 1. The molecule has 0 spiro atoms. The molecule has 0 bridgehead atoms. The van der Waals surface area contributed by atoms with Crippen molar-refractivity contribution < 1.29 is 4.79 Å². The molecule has 27 heavy (non-hydrogen) atoms. The minimum Gasteiger partial charge on any atom is -0.370 e. The van der Waals surface area contributed by atoms with Crippen molar-refractivity contribution in [2.24, 2.45) is 13.0 Å². The van der Waals surface area contributed by atoms with Gasteiger partial charge in [0.05, 0.1) is 0 Å². The molecule has 2 heterocycles. The van der Waals surface area contributed by atoms with Crippen molar-refractivity contribution >= 4 is 23.5 Å². The smallest absolute Gasteiger partial charge is 0.230 e. The standard InChI is InChI=1S/C19H27N7O/c1-26-11-8-16(25-26)23-19-22-12-15(13-6-7-13)17(24-19)20-9-3-10-21-18(27)14-4-2-5-14/h8,11-14H,2-7,9-10H2,1H3,(H,21,27)(H2,20,22,23,24,25). The maximum atomic E-state index is 11.9. The monoisotopic (exact) mass is 369 g/mol. The topological polar surface area (TPSA) is 96.8 Å². The van der Waals surface area contributed by atoms with E-state index in [0.29, 0.717) is 18.4 Å². The number of aryl methyl sites for hydroxylation is 1. The number of rotatable bonds is 9. The second-order valence-electron chi connectivity index (χ2n) is 7.47. The molecule has 2 saturated carbocycles. The zero-order chi connectivity index (χ0) is 18.6. The molecule has 0 aromatic carbocycles. The maximum absolute atomic E-state index is 11.9. The van der Waals surface area contributed by atoms with Gasteiger partial charge in [-0.25, -0.2) is 4.98 Å². The Balaban J connectivity index is 1.31. The summed E-state index contributed by atoms with van der Waals surface area (Å²) in [6.45, 7) is 1.47. The Morgan fingerprint density at radius 1 is 1.26 bits per heavy atom. The number of carbonyl (C=O) groups is 1. The molecule has 2 aromatic heterocycles. The minimum absolute atomic E-state index is 0.212. The van der Waals surface area contributed by atoms with Gasteiger partial charge in [0.15, 0.2) is 5.82 Å². The van der Waals surface area contributed by atoms with Crippen LogP contribution >= 0.6 is 0 Å². The fraction of sp³-hybridized carbons (Fsp3) is 0.579. The van der Waals surface area contributed by atoms with Gasteiger partial charge in [-0.1, -0.05) is 6.42 Å². The summed E-state index contributed by atoms with van der Waals surface area (Å²) < 4.78 is 1.73. The summed E-state index contributed by atoms with van der Waals surface area (Å²) in [5.74, 6) is 3.18. The molecule has 2 fully saturated rings. The van der Waals surface area contributed by atoms with Gasteiger partial charge >= 0.3 is 0 Å². The molecule has 8 heteroatoms. The van der Waals surface area contributed by atoms with Gasteiger partial charge in [-0.15, -0.1) is 0 Å². The van der Waals surface area contributed by atoms with Crippen LogP contribution in [-0.4, -0.2) is 38.7 Å². The Labute approximate surface area is 159 Å². The SMILES string of the molecule is Cn1ccc(Nc2ncc(C3CC3)c(NCCCNC(=O)C3CCC3)n2)n1. The Morgan fingerprint density at radius 2 is 2.11 bits per heavy atom. The van der Waals surface area contributed by atoms with Gasteiger partial charge in [0, 0.05) is 50.1 Å². The van der Waals surface area contributed by atoms with Crippen LogP contribution < -0.4 is 16.0 Å². The highest BCUT2D eigenvalue weighted by atomic mass is 16.1. The third-order valence-corrected chi connectivity index (χ3v) is 5.21. The zero-order valence-corrected chi connectivity index (χ0v) is 15.7. The number of nitrogens with zero attached hydrogens (tertiary/aromatic N) is 4. The predicted molar refractivity (Wildman–Crippen MR) is 104 cm³/mol. The van der Waals surface area contributed by atoms with E-state index in [9.17, 15) is 4.79 Å². The lowest BCUT2D eigenvalue weighted by Gasteiger charge is -2.24. The number of aromatic nitrogens is 4. The Bertz CT molecular complexity index is 795. The molecule has 0 aliphatic heterocycles. The Morgan fingerprint density at radius 3 is 2.78 bits per heavy atom. The highest BCUT2D eigenvalue weighted by molar-refractivity contribution is 5.79. The van der Waals surface area contributed by atoms with Gasteiger partial charge in [-0.2, -0.15) is 10.1 Å². The van der Waals surface area contributed by atoms with Gasteiger partial charge < -0.3 is 16.0 Å². The van der Waals surface area contributed by atoms with Crippen LogP contribution in [0.5, 0.6) is 0 Å². The van der Waals surface area contributed by atoms with Crippen molar-refractivity contribution in [2.45, 2.75) is 44.4 Å². The highest BCUT2D eigenvalue weighted by Gasteiger charge is 2.28. The molecule has 3 N–H and O–H groups in total. The number of carbonyl (C=O) groups excluding carboxylic acids is 1. The zero-order valence-electron chi connectivity index (χ0n) is 15.7. The number of anilines is 3. The molecule has 0 saturated heterocycles. The van der Waals surface area contributed by atoms with E-state index in [4.69, 9.17) is 0 Å². The van der Waals surface area contributed by atoms with Gasteiger partial charge in [-0.3, -0.25) is 9.48 Å². The van der Waals surface area contributed by atoms with Gasteiger partial charge in [0.2, 0.25) is 11.9 Å². The van der Waals surface area contributed by atoms with E-state index < -0.39 is 0 Å². The van der Waals surface area contributed by atoms with E-state index in [2.05, 4.69) is 31.0 Å². The largest absolute Gasteiger partial charge is 0.370 e. The van der Waals surface area contributed by atoms with Crippen LogP contribution in [0.4, 0.5) is 17.6 Å². The van der Waals surface area contributed by atoms with Gasteiger partial charge in [0.1, 0.15) is 5.82 Å². The molecular formula is C19H27N7O. The highest BCUT2D eigenvalue weighted by Crippen LogP contribution is 2.42. The van der Waals surface area contributed by atoms with Crippen LogP contribution in [0.25, 0.3) is 0 Å². The first-order valence-corrected chi connectivity index (χ1v) is 9.84. The molecule has 1 amide bonds. The Hall–Kier alpha value is -2.64. The van der Waals surface area contributed by atoms with Crippen molar-refractivity contribution in [3.05, 3.63) is 24.0 Å². The lowest BCUT2D eigenvalue weighted by atomic mass is 9.85.